The molecule has 0 amide bonds. The van der Waals surface area contributed by atoms with E-state index in [1.807, 2.05) is 0 Å². The largest absolute Gasteiger partial charge is 0.463 e. The number of aliphatic hydroxyl groups excluding tert-OH is 5. The first-order chi connectivity index (χ1) is 13.6. The second-order valence-electron chi connectivity index (χ2n) is 6.68. The van der Waals surface area contributed by atoms with Gasteiger partial charge in [-0.2, -0.15) is 0 Å². The van der Waals surface area contributed by atoms with Gasteiger partial charge in [-0.05, 0) is 0 Å². The first-order valence-electron chi connectivity index (χ1n) is 8.81. The van der Waals surface area contributed by atoms with Gasteiger partial charge in [0.2, 0.25) is 0 Å². The fourth-order valence-corrected chi connectivity index (χ4v) is 3.04. The highest BCUT2D eigenvalue weighted by molar-refractivity contribution is 5.66. The highest BCUT2D eigenvalue weighted by Gasteiger charge is 2.53. The van der Waals surface area contributed by atoms with Gasteiger partial charge in [0.25, 0.3) is 0 Å². The maximum Gasteiger partial charge on any atom is 0.303 e. The van der Waals surface area contributed by atoms with E-state index in [2.05, 4.69) is 0 Å². The summed E-state index contributed by atoms with van der Waals surface area (Å²) in [4.78, 5) is 22.5. The van der Waals surface area contributed by atoms with Crippen molar-refractivity contribution in [3.8, 4) is 0 Å². The lowest BCUT2D eigenvalue weighted by molar-refractivity contribution is -0.351. The Bertz CT molecular complexity index is 574. The van der Waals surface area contributed by atoms with Crippen molar-refractivity contribution in [2.24, 2.45) is 0 Å². The maximum absolute atomic E-state index is 14.5. The molecule has 13 heteroatoms. The van der Waals surface area contributed by atoms with Crippen LogP contribution in [0.2, 0.25) is 0 Å². The van der Waals surface area contributed by atoms with Gasteiger partial charge in [-0.25, -0.2) is 4.39 Å². The Hall–Kier alpha value is -1.45. The number of ether oxygens (including phenoxy) is 5. The van der Waals surface area contributed by atoms with E-state index < -0.39 is 86.6 Å². The predicted octanol–water partition coefficient (Wildman–Crippen LogP) is -3.28. The van der Waals surface area contributed by atoms with E-state index in [1.165, 1.54) is 0 Å². The molecule has 2 aliphatic rings. The second kappa shape index (κ2) is 10.0. The van der Waals surface area contributed by atoms with Gasteiger partial charge >= 0.3 is 11.9 Å². The summed E-state index contributed by atoms with van der Waals surface area (Å²) >= 11 is 0. The first-order valence-corrected chi connectivity index (χ1v) is 8.81. The summed E-state index contributed by atoms with van der Waals surface area (Å²) in [5.74, 6) is -1.64. The van der Waals surface area contributed by atoms with Gasteiger partial charge in [-0.3, -0.25) is 9.59 Å². The van der Waals surface area contributed by atoms with E-state index in [1.54, 1.807) is 0 Å². The molecule has 168 valence electrons. The number of halogens is 1. The third-order valence-corrected chi connectivity index (χ3v) is 4.48. The number of carbonyl (C=O) groups excluding carboxylic acids is 2. The molecule has 0 aromatic rings. The highest BCUT2D eigenvalue weighted by Crippen LogP contribution is 2.31. The van der Waals surface area contributed by atoms with Crippen LogP contribution in [0.3, 0.4) is 0 Å². The van der Waals surface area contributed by atoms with Gasteiger partial charge < -0.3 is 49.2 Å². The number of alkyl halides is 1. The zero-order valence-electron chi connectivity index (χ0n) is 15.7. The van der Waals surface area contributed by atoms with E-state index in [-0.39, 0.29) is 0 Å². The third kappa shape index (κ3) is 5.58. The summed E-state index contributed by atoms with van der Waals surface area (Å²) in [7, 11) is 0. The fourth-order valence-electron chi connectivity index (χ4n) is 3.04. The smallest absolute Gasteiger partial charge is 0.303 e. The quantitative estimate of drug-likeness (QED) is 0.267. The molecule has 2 aliphatic heterocycles. The molecule has 2 heterocycles. The molecule has 0 bridgehead atoms. The third-order valence-electron chi connectivity index (χ3n) is 4.48. The molecule has 0 aliphatic carbocycles. The van der Waals surface area contributed by atoms with Gasteiger partial charge in [0.05, 0.1) is 6.61 Å². The summed E-state index contributed by atoms with van der Waals surface area (Å²) < 4.78 is 39.9. The van der Waals surface area contributed by atoms with E-state index >= 15 is 0 Å². The minimum atomic E-state index is -2.26. The van der Waals surface area contributed by atoms with Crippen LogP contribution in [0.15, 0.2) is 0 Å². The SMILES string of the molecule is CC(=O)OC[C@H]1OC(O)C(F)[C@@H](OC(C)=O)[C@@H]1O[C@@H]1O[C@H](CO)[C@H](O)[C@H](O)[C@H]1O. The van der Waals surface area contributed by atoms with Crippen LogP contribution in [0.25, 0.3) is 0 Å². The minimum Gasteiger partial charge on any atom is -0.463 e. The Morgan fingerprint density at radius 1 is 0.931 bits per heavy atom. The van der Waals surface area contributed by atoms with Crippen LogP contribution >= 0.6 is 0 Å². The van der Waals surface area contributed by atoms with Crippen molar-refractivity contribution in [2.45, 2.75) is 75.3 Å². The minimum absolute atomic E-state index is 0.529. The Kier molecular flexibility index (Phi) is 8.25. The van der Waals surface area contributed by atoms with Crippen molar-refractivity contribution >= 4 is 11.9 Å². The summed E-state index contributed by atoms with van der Waals surface area (Å²) in [6, 6.07) is 0. The number of hydrogen-bond acceptors (Lipinski definition) is 12. The van der Waals surface area contributed by atoms with Crippen LogP contribution in [0, 0.1) is 0 Å². The molecule has 2 rings (SSSR count). The zero-order valence-corrected chi connectivity index (χ0v) is 15.7. The van der Waals surface area contributed by atoms with E-state index in [9.17, 15) is 39.5 Å². The topological polar surface area (TPSA) is 181 Å². The number of rotatable bonds is 6. The van der Waals surface area contributed by atoms with Crippen LogP contribution in [0.1, 0.15) is 13.8 Å². The number of hydrogen-bond donors (Lipinski definition) is 5. The van der Waals surface area contributed by atoms with Gasteiger partial charge in [0.15, 0.2) is 24.9 Å². The molecular weight excluding hydrogens is 403 g/mol. The average molecular weight is 428 g/mol. The predicted molar refractivity (Wildman–Crippen MR) is 86.6 cm³/mol. The molecule has 29 heavy (non-hydrogen) atoms. The molecule has 2 saturated heterocycles. The molecule has 2 unspecified atom stereocenters. The van der Waals surface area contributed by atoms with Crippen molar-refractivity contribution in [1.29, 1.82) is 0 Å². The molecule has 5 N–H and O–H groups in total. The van der Waals surface area contributed by atoms with E-state index in [0.717, 1.165) is 13.8 Å². The second-order valence-corrected chi connectivity index (χ2v) is 6.68. The summed E-state index contributed by atoms with van der Waals surface area (Å²) in [6.07, 6.45) is -17.2. The lowest BCUT2D eigenvalue weighted by Crippen LogP contribution is -2.64. The van der Waals surface area contributed by atoms with Gasteiger partial charge in [0, 0.05) is 13.8 Å². The Labute approximate surface area is 164 Å². The van der Waals surface area contributed by atoms with Gasteiger partial charge in [-0.1, -0.05) is 0 Å². The number of carbonyl (C=O) groups is 2. The van der Waals surface area contributed by atoms with Crippen LogP contribution in [0.5, 0.6) is 0 Å². The molecule has 0 aromatic carbocycles. The Morgan fingerprint density at radius 3 is 2.14 bits per heavy atom. The molecule has 0 aromatic heterocycles. The first kappa shape index (κ1) is 23.8. The lowest BCUT2D eigenvalue weighted by Gasteiger charge is -2.45. The van der Waals surface area contributed by atoms with Crippen molar-refractivity contribution in [2.75, 3.05) is 13.2 Å². The van der Waals surface area contributed by atoms with Crippen molar-refractivity contribution < 1.29 is 63.2 Å². The van der Waals surface area contributed by atoms with Gasteiger partial charge in [-0.15, -0.1) is 0 Å². The van der Waals surface area contributed by atoms with Crippen LogP contribution in [-0.4, -0.2) is 112 Å². The van der Waals surface area contributed by atoms with Crippen LogP contribution in [0.4, 0.5) is 4.39 Å². The fraction of sp³-hybridized carbons (Fsp3) is 0.875. The van der Waals surface area contributed by atoms with E-state index in [4.69, 9.17) is 23.7 Å². The normalized spacial score (nSPS) is 42.9. The number of esters is 2. The van der Waals surface area contributed by atoms with Gasteiger partial charge in [0.1, 0.15) is 43.2 Å². The summed E-state index contributed by atoms with van der Waals surface area (Å²) in [5.41, 5.74) is 0. The molecule has 0 saturated carbocycles. The molecule has 12 nitrogen and oxygen atoms in total. The Balaban J connectivity index is 2.27. The van der Waals surface area contributed by atoms with Crippen LogP contribution in [-0.2, 0) is 33.3 Å². The summed E-state index contributed by atoms with van der Waals surface area (Å²) in [5, 5.41) is 48.8. The molecule has 0 radical (unpaired) electrons. The molecule has 10 atom stereocenters. The molecule has 0 spiro atoms. The lowest BCUT2D eigenvalue weighted by atomic mass is 9.97. The van der Waals surface area contributed by atoms with Crippen molar-refractivity contribution in [3.05, 3.63) is 0 Å². The monoisotopic (exact) mass is 428 g/mol. The zero-order chi connectivity index (χ0) is 21.9. The van der Waals surface area contributed by atoms with Crippen LogP contribution < -0.4 is 0 Å². The molecular formula is C16H25FO12. The standard InChI is InChI=1S/C16H25FO12/c1-5(19)25-4-8-13(14(26-6(2)20)9(17)15(24)27-8)29-16-12(23)11(22)10(21)7(3-18)28-16/h7-16,18,21-24H,3-4H2,1-2H3/t7-,8-,9?,10+,11+,12-,13-,14-,15?,16+/m1/s1. The highest BCUT2D eigenvalue weighted by atomic mass is 19.1. The van der Waals surface area contributed by atoms with Crippen molar-refractivity contribution in [3.63, 3.8) is 0 Å². The number of aliphatic hydroxyl groups is 5. The Morgan fingerprint density at radius 2 is 1.59 bits per heavy atom. The van der Waals surface area contributed by atoms with E-state index in [0.29, 0.717) is 0 Å². The average Bonchev–Trinajstić information content (AvgIpc) is 2.65. The summed E-state index contributed by atoms with van der Waals surface area (Å²) in [6.45, 7) is 0.814. The maximum atomic E-state index is 14.5. The van der Waals surface area contributed by atoms with Crippen molar-refractivity contribution in [1.82, 2.24) is 0 Å². The molecule has 2 fully saturated rings.